The van der Waals surface area contributed by atoms with Gasteiger partial charge in [-0.05, 0) is 52.3 Å². The van der Waals surface area contributed by atoms with Crippen molar-refractivity contribution in [3.8, 4) is 0 Å². The summed E-state index contributed by atoms with van der Waals surface area (Å²) in [6, 6.07) is 2.12. The molecule has 0 saturated carbocycles. The number of hydrogen-bond donors (Lipinski definition) is 1. The van der Waals surface area contributed by atoms with Crippen molar-refractivity contribution in [2.45, 2.75) is 58.7 Å². The van der Waals surface area contributed by atoms with Gasteiger partial charge in [-0.3, -0.25) is 4.90 Å². The average Bonchev–Trinajstić information content (AvgIpc) is 2.88. The molecule has 1 aromatic heterocycles. The van der Waals surface area contributed by atoms with Crippen molar-refractivity contribution >= 4 is 0 Å². The normalized spacial score (nSPS) is 19.5. The van der Waals surface area contributed by atoms with Crippen LogP contribution >= 0.6 is 0 Å². The molecule has 0 atom stereocenters. The Kier molecular flexibility index (Phi) is 4.46. The van der Waals surface area contributed by atoms with Gasteiger partial charge in [-0.25, -0.2) is 0 Å². The second-order valence-corrected chi connectivity index (χ2v) is 5.88. The highest BCUT2D eigenvalue weighted by molar-refractivity contribution is 5.17. The molecule has 0 aliphatic carbocycles. The second kappa shape index (κ2) is 5.89. The zero-order chi connectivity index (χ0) is 13.0. The molecule has 1 N–H and O–H groups in total. The zero-order valence-electron chi connectivity index (χ0n) is 12.0. The van der Waals surface area contributed by atoms with Crippen LogP contribution in [0.25, 0.3) is 0 Å². The molecule has 0 bridgehead atoms. The fourth-order valence-corrected chi connectivity index (χ4v) is 2.70. The van der Waals surface area contributed by atoms with Gasteiger partial charge in [-0.2, -0.15) is 0 Å². The predicted molar refractivity (Wildman–Crippen MR) is 74.4 cm³/mol. The number of nitrogens with zero attached hydrogens (tertiary/aromatic N) is 1. The average molecular weight is 250 g/mol. The highest BCUT2D eigenvalue weighted by atomic mass is 16.3. The maximum Gasteiger partial charge on any atom is 0.122 e. The molecule has 18 heavy (non-hydrogen) atoms. The van der Waals surface area contributed by atoms with Crippen LogP contribution in [0.2, 0.25) is 0 Å². The van der Waals surface area contributed by atoms with Crippen molar-refractivity contribution in [1.82, 2.24) is 10.2 Å². The van der Waals surface area contributed by atoms with E-state index >= 15 is 0 Å². The van der Waals surface area contributed by atoms with Crippen molar-refractivity contribution in [1.29, 1.82) is 0 Å². The van der Waals surface area contributed by atoms with Gasteiger partial charge in [0, 0.05) is 17.6 Å². The number of nitrogens with one attached hydrogen (secondary N) is 1. The van der Waals surface area contributed by atoms with Crippen molar-refractivity contribution in [2.24, 2.45) is 0 Å². The van der Waals surface area contributed by atoms with E-state index in [9.17, 15) is 0 Å². The summed E-state index contributed by atoms with van der Waals surface area (Å²) in [5, 5.41) is 3.41. The Morgan fingerprint density at radius 2 is 2.28 bits per heavy atom. The Balaban J connectivity index is 1.95. The number of likely N-dealkylation sites (tertiary alicyclic amines) is 1. The van der Waals surface area contributed by atoms with Crippen LogP contribution < -0.4 is 5.32 Å². The summed E-state index contributed by atoms with van der Waals surface area (Å²) in [6.07, 6.45) is 5.60. The minimum absolute atomic E-state index is 0.339. The smallest absolute Gasteiger partial charge is 0.122 e. The molecule has 1 saturated heterocycles. The van der Waals surface area contributed by atoms with Crippen LogP contribution in [0.3, 0.4) is 0 Å². The van der Waals surface area contributed by atoms with Crippen molar-refractivity contribution in [3.05, 3.63) is 23.7 Å². The summed E-state index contributed by atoms with van der Waals surface area (Å²) in [4.78, 5) is 2.57. The Hall–Kier alpha value is -0.800. The summed E-state index contributed by atoms with van der Waals surface area (Å²) in [5.41, 5.74) is 1.68. The van der Waals surface area contributed by atoms with E-state index in [1.807, 2.05) is 6.26 Å². The summed E-state index contributed by atoms with van der Waals surface area (Å²) in [6.45, 7) is 11.0. The van der Waals surface area contributed by atoms with Gasteiger partial charge in [0.15, 0.2) is 0 Å². The number of hydrogen-bond acceptors (Lipinski definition) is 3. The third-order valence-corrected chi connectivity index (χ3v) is 3.98. The molecule has 1 aliphatic heterocycles. The number of rotatable bonds is 6. The van der Waals surface area contributed by atoms with Gasteiger partial charge in [0.2, 0.25) is 0 Å². The van der Waals surface area contributed by atoms with Gasteiger partial charge >= 0.3 is 0 Å². The van der Waals surface area contributed by atoms with Crippen LogP contribution in [0, 0.1) is 0 Å². The third-order valence-electron chi connectivity index (χ3n) is 3.98. The highest BCUT2D eigenvalue weighted by Gasteiger charge is 2.32. The zero-order valence-corrected chi connectivity index (χ0v) is 12.0. The maximum absolute atomic E-state index is 5.60. The Morgan fingerprint density at radius 1 is 1.44 bits per heavy atom. The summed E-state index contributed by atoms with van der Waals surface area (Å²) >= 11 is 0. The Labute approximate surface area is 111 Å². The van der Waals surface area contributed by atoms with E-state index in [1.54, 1.807) is 0 Å². The standard InChI is InChI=1S/C15H26N2O/c1-4-8-16-11-14-13(6-10-18-14)12-17-9-5-7-15(17,2)3/h6,10,16H,4-5,7-9,11-12H2,1-3H3. The fraction of sp³-hybridized carbons (Fsp3) is 0.733. The molecular formula is C15H26N2O. The highest BCUT2D eigenvalue weighted by Crippen LogP contribution is 2.30. The first-order valence-corrected chi connectivity index (χ1v) is 7.14. The molecule has 0 aromatic carbocycles. The van der Waals surface area contributed by atoms with Crippen LogP contribution in [0.1, 0.15) is 51.4 Å². The lowest BCUT2D eigenvalue weighted by Gasteiger charge is -2.31. The molecule has 0 amide bonds. The van der Waals surface area contributed by atoms with E-state index in [0.717, 1.165) is 31.8 Å². The molecule has 1 aliphatic rings. The summed E-state index contributed by atoms with van der Waals surface area (Å²) in [5.74, 6) is 1.10. The molecule has 3 nitrogen and oxygen atoms in total. The SMILES string of the molecule is CCCNCc1occc1CN1CCCC1(C)C. The molecule has 2 heterocycles. The monoisotopic (exact) mass is 250 g/mol. The molecule has 0 spiro atoms. The van der Waals surface area contributed by atoms with Crippen LogP contribution in [-0.4, -0.2) is 23.5 Å². The number of furan rings is 1. The minimum Gasteiger partial charge on any atom is -0.468 e. The lowest BCUT2D eigenvalue weighted by atomic mass is 10.0. The van der Waals surface area contributed by atoms with Crippen LogP contribution in [0.4, 0.5) is 0 Å². The molecule has 1 fully saturated rings. The van der Waals surface area contributed by atoms with Crippen molar-refractivity contribution in [3.63, 3.8) is 0 Å². The van der Waals surface area contributed by atoms with Gasteiger partial charge in [-0.15, -0.1) is 0 Å². The lowest BCUT2D eigenvalue weighted by molar-refractivity contribution is 0.165. The fourth-order valence-electron chi connectivity index (χ4n) is 2.70. The van der Waals surface area contributed by atoms with Gasteiger partial charge < -0.3 is 9.73 Å². The van der Waals surface area contributed by atoms with Crippen LogP contribution in [0.5, 0.6) is 0 Å². The topological polar surface area (TPSA) is 28.4 Å². The molecule has 3 heteroatoms. The van der Waals surface area contributed by atoms with Crippen molar-refractivity contribution < 1.29 is 4.42 Å². The van der Waals surface area contributed by atoms with Crippen LogP contribution in [0.15, 0.2) is 16.7 Å². The minimum atomic E-state index is 0.339. The molecule has 0 radical (unpaired) electrons. The van der Waals surface area contributed by atoms with Gasteiger partial charge in [-0.1, -0.05) is 6.92 Å². The quantitative estimate of drug-likeness (QED) is 0.786. The van der Waals surface area contributed by atoms with E-state index in [0.29, 0.717) is 5.54 Å². The molecule has 1 aromatic rings. The first-order valence-electron chi connectivity index (χ1n) is 7.14. The molecular weight excluding hydrogens is 224 g/mol. The maximum atomic E-state index is 5.60. The molecule has 102 valence electrons. The van der Waals surface area contributed by atoms with Gasteiger partial charge in [0.05, 0.1) is 12.8 Å². The van der Waals surface area contributed by atoms with Gasteiger partial charge in [0.25, 0.3) is 0 Å². The Bertz CT molecular complexity index is 370. The second-order valence-electron chi connectivity index (χ2n) is 5.88. The van der Waals surface area contributed by atoms with Gasteiger partial charge in [0.1, 0.15) is 5.76 Å². The summed E-state index contributed by atoms with van der Waals surface area (Å²) < 4.78 is 5.60. The van der Waals surface area contributed by atoms with E-state index in [2.05, 4.69) is 37.1 Å². The molecule has 2 rings (SSSR count). The molecule has 0 unspecified atom stereocenters. The largest absolute Gasteiger partial charge is 0.468 e. The first kappa shape index (κ1) is 13.6. The first-order chi connectivity index (χ1) is 8.63. The van der Waals surface area contributed by atoms with E-state index < -0.39 is 0 Å². The van der Waals surface area contributed by atoms with Crippen LogP contribution in [-0.2, 0) is 13.1 Å². The predicted octanol–water partition coefficient (Wildman–Crippen LogP) is 3.15. The van der Waals surface area contributed by atoms with Crippen molar-refractivity contribution in [2.75, 3.05) is 13.1 Å². The third kappa shape index (κ3) is 3.15. The van der Waals surface area contributed by atoms with E-state index in [-0.39, 0.29) is 0 Å². The lowest BCUT2D eigenvalue weighted by Crippen LogP contribution is -2.37. The van der Waals surface area contributed by atoms with E-state index in [1.165, 1.54) is 24.9 Å². The van der Waals surface area contributed by atoms with E-state index in [4.69, 9.17) is 4.42 Å². The Morgan fingerprint density at radius 3 is 2.94 bits per heavy atom. The summed E-state index contributed by atoms with van der Waals surface area (Å²) in [7, 11) is 0.